The SMILES string of the molecule is COc1ccc(C(OC)N2CCN(c3cccc(Cl)c3Cl)CC2)cc1OC. The first-order chi connectivity index (χ1) is 13.1. The van der Waals surface area contributed by atoms with Crippen molar-refractivity contribution >= 4 is 28.9 Å². The van der Waals surface area contributed by atoms with Crippen LogP contribution in [0.25, 0.3) is 0 Å². The standard InChI is InChI=1S/C20H24Cl2N2O3/c1-25-17-8-7-14(13-18(17)26-2)20(27-3)24-11-9-23(10-12-24)16-6-4-5-15(21)19(16)22/h4-8,13,20H,9-12H2,1-3H3. The zero-order valence-electron chi connectivity index (χ0n) is 15.7. The molecule has 3 rings (SSSR count). The molecule has 146 valence electrons. The van der Waals surface area contributed by atoms with Crippen molar-refractivity contribution in [2.75, 3.05) is 52.4 Å². The maximum absolute atomic E-state index is 6.37. The molecule has 27 heavy (non-hydrogen) atoms. The number of anilines is 1. The average Bonchev–Trinajstić information content (AvgIpc) is 2.71. The van der Waals surface area contributed by atoms with Gasteiger partial charge in [0.25, 0.3) is 0 Å². The van der Waals surface area contributed by atoms with Gasteiger partial charge in [-0.25, -0.2) is 0 Å². The quantitative estimate of drug-likeness (QED) is 0.701. The molecular weight excluding hydrogens is 387 g/mol. The Morgan fingerprint density at radius 2 is 1.59 bits per heavy atom. The lowest BCUT2D eigenvalue weighted by atomic mass is 10.1. The van der Waals surface area contributed by atoms with Gasteiger partial charge in [0.05, 0.1) is 30.0 Å². The van der Waals surface area contributed by atoms with Crippen molar-refractivity contribution in [1.82, 2.24) is 4.90 Å². The molecule has 7 heteroatoms. The average molecular weight is 411 g/mol. The summed E-state index contributed by atoms with van der Waals surface area (Å²) in [6.07, 6.45) is -0.151. The van der Waals surface area contributed by atoms with Crippen LogP contribution in [-0.4, -0.2) is 52.4 Å². The van der Waals surface area contributed by atoms with E-state index in [4.69, 9.17) is 37.4 Å². The second-order valence-electron chi connectivity index (χ2n) is 6.30. The van der Waals surface area contributed by atoms with Crippen LogP contribution in [0.2, 0.25) is 10.0 Å². The highest BCUT2D eigenvalue weighted by atomic mass is 35.5. The van der Waals surface area contributed by atoms with Gasteiger partial charge in [-0.3, -0.25) is 4.90 Å². The smallest absolute Gasteiger partial charge is 0.161 e. The van der Waals surface area contributed by atoms with E-state index in [1.54, 1.807) is 21.3 Å². The lowest BCUT2D eigenvalue weighted by Gasteiger charge is -2.40. The maximum atomic E-state index is 6.37. The predicted octanol–water partition coefficient (Wildman–Crippen LogP) is 4.48. The van der Waals surface area contributed by atoms with Gasteiger partial charge in [0.15, 0.2) is 11.5 Å². The Bertz CT molecular complexity index is 780. The second-order valence-corrected chi connectivity index (χ2v) is 7.08. The van der Waals surface area contributed by atoms with Gasteiger partial charge in [0.2, 0.25) is 0 Å². The van der Waals surface area contributed by atoms with Crippen LogP contribution in [0.5, 0.6) is 11.5 Å². The number of rotatable bonds is 6. The Morgan fingerprint density at radius 3 is 2.22 bits per heavy atom. The molecule has 0 N–H and O–H groups in total. The first-order valence-electron chi connectivity index (χ1n) is 8.76. The van der Waals surface area contributed by atoms with Crippen molar-refractivity contribution in [1.29, 1.82) is 0 Å². The summed E-state index contributed by atoms with van der Waals surface area (Å²) in [5.74, 6) is 1.40. The minimum atomic E-state index is -0.151. The summed E-state index contributed by atoms with van der Waals surface area (Å²) in [6, 6.07) is 11.6. The highest BCUT2D eigenvalue weighted by Gasteiger charge is 2.26. The summed E-state index contributed by atoms with van der Waals surface area (Å²) in [5, 5.41) is 1.19. The number of piperazine rings is 1. The van der Waals surface area contributed by atoms with Crippen molar-refractivity contribution in [3.8, 4) is 11.5 Å². The van der Waals surface area contributed by atoms with E-state index in [1.807, 2.05) is 36.4 Å². The molecule has 1 heterocycles. The zero-order chi connectivity index (χ0) is 19.4. The Labute approximate surface area is 170 Å². The molecule has 0 bridgehead atoms. The molecule has 5 nitrogen and oxygen atoms in total. The summed E-state index contributed by atoms with van der Waals surface area (Å²) in [4.78, 5) is 4.56. The zero-order valence-corrected chi connectivity index (χ0v) is 17.3. The molecule has 1 atom stereocenters. The van der Waals surface area contributed by atoms with Crippen LogP contribution in [0.4, 0.5) is 5.69 Å². The van der Waals surface area contributed by atoms with Gasteiger partial charge in [0, 0.05) is 33.3 Å². The van der Waals surface area contributed by atoms with Gasteiger partial charge in [-0.05, 0) is 29.8 Å². The molecule has 0 saturated carbocycles. The summed E-state index contributed by atoms with van der Waals surface area (Å²) in [7, 11) is 4.99. The van der Waals surface area contributed by atoms with Gasteiger partial charge < -0.3 is 19.1 Å². The highest BCUT2D eigenvalue weighted by molar-refractivity contribution is 6.43. The van der Waals surface area contributed by atoms with Crippen LogP contribution < -0.4 is 14.4 Å². The molecule has 0 radical (unpaired) electrons. The van der Waals surface area contributed by atoms with Crippen LogP contribution in [-0.2, 0) is 4.74 Å². The monoisotopic (exact) mass is 410 g/mol. The fourth-order valence-electron chi connectivity index (χ4n) is 3.44. The fourth-order valence-corrected chi connectivity index (χ4v) is 3.85. The Hall–Kier alpha value is -1.66. The van der Waals surface area contributed by atoms with E-state index >= 15 is 0 Å². The number of nitrogens with zero attached hydrogens (tertiary/aromatic N) is 2. The Balaban J connectivity index is 1.73. The molecule has 0 aromatic heterocycles. The second kappa shape index (κ2) is 9.02. The van der Waals surface area contributed by atoms with Crippen LogP contribution in [0.1, 0.15) is 11.8 Å². The van der Waals surface area contributed by atoms with Crippen molar-refractivity contribution in [3.63, 3.8) is 0 Å². The number of hydrogen-bond donors (Lipinski definition) is 0. The summed E-state index contributed by atoms with van der Waals surface area (Å²) < 4.78 is 16.5. The third kappa shape index (κ3) is 4.27. The van der Waals surface area contributed by atoms with E-state index in [9.17, 15) is 0 Å². The molecule has 0 spiro atoms. The molecule has 1 unspecified atom stereocenters. The van der Waals surface area contributed by atoms with E-state index < -0.39 is 0 Å². The van der Waals surface area contributed by atoms with E-state index in [2.05, 4.69) is 9.80 Å². The van der Waals surface area contributed by atoms with Gasteiger partial charge in [-0.2, -0.15) is 0 Å². The Kier molecular flexibility index (Phi) is 6.71. The first-order valence-corrected chi connectivity index (χ1v) is 9.52. The first kappa shape index (κ1) is 20.1. The molecular formula is C20H24Cl2N2O3. The Morgan fingerprint density at radius 1 is 0.889 bits per heavy atom. The van der Waals surface area contributed by atoms with Gasteiger partial charge >= 0.3 is 0 Å². The number of halogens is 2. The van der Waals surface area contributed by atoms with Gasteiger partial charge in [0.1, 0.15) is 6.23 Å². The highest BCUT2D eigenvalue weighted by Crippen LogP contribution is 2.35. The lowest BCUT2D eigenvalue weighted by Crippen LogP contribution is -2.48. The van der Waals surface area contributed by atoms with Crippen molar-refractivity contribution in [3.05, 3.63) is 52.0 Å². The topological polar surface area (TPSA) is 34.2 Å². The number of ether oxygens (including phenoxy) is 3. The molecule has 0 amide bonds. The maximum Gasteiger partial charge on any atom is 0.161 e. The van der Waals surface area contributed by atoms with Crippen LogP contribution in [0.15, 0.2) is 36.4 Å². The third-order valence-corrected chi connectivity index (χ3v) is 5.64. The predicted molar refractivity (Wildman–Crippen MR) is 110 cm³/mol. The molecule has 1 aliphatic rings. The molecule has 0 aliphatic carbocycles. The van der Waals surface area contributed by atoms with Gasteiger partial charge in [-0.15, -0.1) is 0 Å². The minimum Gasteiger partial charge on any atom is -0.493 e. The van der Waals surface area contributed by atoms with E-state index in [-0.39, 0.29) is 6.23 Å². The molecule has 1 aliphatic heterocycles. The van der Waals surface area contributed by atoms with E-state index in [0.717, 1.165) is 37.4 Å². The van der Waals surface area contributed by atoms with Gasteiger partial charge in [-0.1, -0.05) is 35.3 Å². The molecule has 1 fully saturated rings. The van der Waals surface area contributed by atoms with Crippen molar-refractivity contribution in [2.45, 2.75) is 6.23 Å². The summed E-state index contributed by atoms with van der Waals surface area (Å²) >= 11 is 12.5. The normalized spacial score (nSPS) is 16.3. The largest absolute Gasteiger partial charge is 0.493 e. The fraction of sp³-hybridized carbons (Fsp3) is 0.400. The lowest BCUT2D eigenvalue weighted by molar-refractivity contribution is -0.0376. The minimum absolute atomic E-state index is 0.151. The van der Waals surface area contributed by atoms with Crippen molar-refractivity contribution < 1.29 is 14.2 Å². The number of benzene rings is 2. The summed E-state index contributed by atoms with van der Waals surface area (Å²) in [5.41, 5.74) is 2.01. The van der Waals surface area contributed by atoms with Crippen LogP contribution in [0.3, 0.4) is 0 Å². The molecule has 2 aromatic rings. The number of methoxy groups -OCH3 is 3. The third-order valence-electron chi connectivity index (χ3n) is 4.83. The van der Waals surface area contributed by atoms with E-state index in [1.165, 1.54) is 0 Å². The van der Waals surface area contributed by atoms with Crippen LogP contribution in [0, 0.1) is 0 Å². The molecule has 1 saturated heterocycles. The van der Waals surface area contributed by atoms with E-state index in [0.29, 0.717) is 21.5 Å². The summed E-state index contributed by atoms with van der Waals surface area (Å²) in [6.45, 7) is 3.37. The molecule has 2 aromatic carbocycles. The van der Waals surface area contributed by atoms with Crippen LogP contribution >= 0.6 is 23.2 Å². The number of hydrogen-bond acceptors (Lipinski definition) is 5. The van der Waals surface area contributed by atoms with Crippen molar-refractivity contribution in [2.24, 2.45) is 0 Å².